The Labute approximate surface area is 103 Å². The van der Waals surface area contributed by atoms with Crippen molar-refractivity contribution >= 4 is 5.69 Å². The fourth-order valence-electron chi connectivity index (χ4n) is 2.49. The summed E-state index contributed by atoms with van der Waals surface area (Å²) in [5.74, 6) is 0.554. The van der Waals surface area contributed by atoms with Crippen LogP contribution < -0.4 is 10.2 Å². The quantitative estimate of drug-likeness (QED) is 0.864. The third-order valence-corrected chi connectivity index (χ3v) is 3.48. The fourth-order valence-corrected chi connectivity index (χ4v) is 2.49. The molecule has 2 rings (SSSR count). The van der Waals surface area contributed by atoms with Gasteiger partial charge >= 0.3 is 0 Å². The second-order valence-corrected chi connectivity index (χ2v) is 4.84. The molecular weight excluding hydrogens is 215 g/mol. The molecule has 1 aromatic rings. The molecule has 1 atom stereocenters. The lowest BCUT2D eigenvalue weighted by Gasteiger charge is -2.21. The molecule has 0 bridgehead atoms. The van der Waals surface area contributed by atoms with E-state index in [2.05, 4.69) is 17.1 Å². The van der Waals surface area contributed by atoms with E-state index in [4.69, 9.17) is 0 Å². The zero-order valence-corrected chi connectivity index (χ0v) is 10.7. The number of nitrogens with one attached hydrogen (secondary N) is 1. The third-order valence-electron chi connectivity index (χ3n) is 3.48. The van der Waals surface area contributed by atoms with Crippen LogP contribution in [-0.2, 0) is 0 Å². The summed E-state index contributed by atoms with van der Waals surface area (Å²) in [6.07, 6.45) is 1.20. The summed E-state index contributed by atoms with van der Waals surface area (Å²) in [6.45, 7) is 8.35. The van der Waals surface area contributed by atoms with E-state index < -0.39 is 0 Å². The molecular formula is C14H21FN2. The van der Waals surface area contributed by atoms with Crippen LogP contribution in [0.25, 0.3) is 0 Å². The average Bonchev–Trinajstić information content (AvgIpc) is 2.78. The molecule has 0 amide bonds. The molecule has 0 spiro atoms. The van der Waals surface area contributed by atoms with Crippen LogP contribution in [-0.4, -0.2) is 26.2 Å². The normalized spacial score (nSPS) is 19.9. The number of hydrogen-bond donors (Lipinski definition) is 1. The first-order valence-corrected chi connectivity index (χ1v) is 6.42. The Kier molecular flexibility index (Phi) is 4.00. The van der Waals surface area contributed by atoms with Gasteiger partial charge in [-0.1, -0.05) is 13.0 Å². The lowest BCUT2D eigenvalue weighted by atomic mass is 10.1. The van der Waals surface area contributed by atoms with Gasteiger partial charge in [-0.2, -0.15) is 0 Å². The Morgan fingerprint density at radius 3 is 3.06 bits per heavy atom. The zero-order chi connectivity index (χ0) is 12.3. The predicted octanol–water partition coefficient (Wildman–Crippen LogP) is 2.57. The number of benzene rings is 1. The Hall–Kier alpha value is -1.09. The molecule has 0 saturated carbocycles. The molecule has 1 aliphatic heterocycles. The second kappa shape index (κ2) is 5.50. The highest BCUT2D eigenvalue weighted by Gasteiger charge is 2.23. The number of aryl methyl sites for hydroxylation is 1. The first-order chi connectivity index (χ1) is 8.20. The van der Waals surface area contributed by atoms with E-state index in [1.54, 1.807) is 6.07 Å². The van der Waals surface area contributed by atoms with Gasteiger partial charge in [-0.05, 0) is 50.0 Å². The summed E-state index contributed by atoms with van der Waals surface area (Å²) in [4.78, 5) is 2.31. The van der Waals surface area contributed by atoms with Gasteiger partial charge in [0.1, 0.15) is 5.82 Å². The first-order valence-electron chi connectivity index (χ1n) is 6.42. The molecule has 1 N–H and O–H groups in total. The lowest BCUT2D eigenvalue weighted by molar-refractivity contribution is 0.527. The predicted molar refractivity (Wildman–Crippen MR) is 70.0 cm³/mol. The van der Waals surface area contributed by atoms with Crippen LogP contribution in [0, 0.1) is 18.7 Å². The van der Waals surface area contributed by atoms with Gasteiger partial charge in [0.25, 0.3) is 0 Å². The van der Waals surface area contributed by atoms with Crippen LogP contribution in [0.4, 0.5) is 10.1 Å². The molecule has 1 saturated heterocycles. The maximum atomic E-state index is 13.3. The van der Waals surface area contributed by atoms with E-state index in [0.717, 1.165) is 37.4 Å². The van der Waals surface area contributed by atoms with Crippen molar-refractivity contribution in [1.29, 1.82) is 0 Å². The van der Waals surface area contributed by atoms with Crippen molar-refractivity contribution in [3.8, 4) is 0 Å². The molecule has 0 aromatic heterocycles. The summed E-state index contributed by atoms with van der Waals surface area (Å²) in [6, 6.07) is 5.05. The Bertz CT molecular complexity index is 378. The highest BCUT2D eigenvalue weighted by Crippen LogP contribution is 2.27. The Morgan fingerprint density at radius 1 is 1.47 bits per heavy atom. The monoisotopic (exact) mass is 236 g/mol. The van der Waals surface area contributed by atoms with E-state index in [0.29, 0.717) is 5.92 Å². The molecule has 1 heterocycles. The molecule has 2 nitrogen and oxygen atoms in total. The highest BCUT2D eigenvalue weighted by molar-refractivity contribution is 5.54. The minimum absolute atomic E-state index is 0.138. The molecule has 1 aliphatic rings. The molecule has 0 aliphatic carbocycles. The number of anilines is 1. The molecule has 1 aromatic carbocycles. The van der Waals surface area contributed by atoms with Gasteiger partial charge in [0.2, 0.25) is 0 Å². The standard InChI is InChI=1S/C14H21FN2/c1-3-16-9-12-6-7-17(10-12)14-8-13(15)5-4-11(14)2/h4-5,8,12,16H,3,6-7,9-10H2,1-2H3. The Morgan fingerprint density at radius 2 is 2.29 bits per heavy atom. The largest absolute Gasteiger partial charge is 0.371 e. The topological polar surface area (TPSA) is 15.3 Å². The van der Waals surface area contributed by atoms with Gasteiger partial charge in [-0.25, -0.2) is 4.39 Å². The average molecular weight is 236 g/mol. The molecule has 1 fully saturated rings. The highest BCUT2D eigenvalue weighted by atomic mass is 19.1. The van der Waals surface area contributed by atoms with Gasteiger partial charge in [0.05, 0.1) is 0 Å². The summed E-state index contributed by atoms with van der Waals surface area (Å²) in [5, 5.41) is 3.39. The fraction of sp³-hybridized carbons (Fsp3) is 0.571. The van der Waals surface area contributed by atoms with Crippen molar-refractivity contribution < 1.29 is 4.39 Å². The number of rotatable bonds is 4. The summed E-state index contributed by atoms with van der Waals surface area (Å²) < 4.78 is 13.3. The van der Waals surface area contributed by atoms with Crippen LogP contribution in [0.5, 0.6) is 0 Å². The van der Waals surface area contributed by atoms with Crippen LogP contribution in [0.1, 0.15) is 18.9 Å². The Balaban J connectivity index is 2.02. The van der Waals surface area contributed by atoms with E-state index in [-0.39, 0.29) is 5.82 Å². The maximum absolute atomic E-state index is 13.3. The number of halogens is 1. The second-order valence-electron chi connectivity index (χ2n) is 4.84. The van der Waals surface area contributed by atoms with Crippen molar-refractivity contribution in [3.05, 3.63) is 29.6 Å². The molecule has 94 valence electrons. The first kappa shape index (κ1) is 12.4. The summed E-state index contributed by atoms with van der Waals surface area (Å²) in [7, 11) is 0. The van der Waals surface area contributed by atoms with E-state index >= 15 is 0 Å². The number of hydrogen-bond acceptors (Lipinski definition) is 2. The van der Waals surface area contributed by atoms with Gasteiger partial charge < -0.3 is 10.2 Å². The van der Waals surface area contributed by atoms with Crippen molar-refractivity contribution in [3.63, 3.8) is 0 Å². The minimum Gasteiger partial charge on any atom is -0.371 e. The van der Waals surface area contributed by atoms with E-state index in [1.165, 1.54) is 12.5 Å². The SMILES string of the molecule is CCNCC1CCN(c2cc(F)ccc2C)C1. The van der Waals surface area contributed by atoms with Crippen LogP contribution in [0.15, 0.2) is 18.2 Å². The third kappa shape index (κ3) is 2.97. The van der Waals surface area contributed by atoms with E-state index in [9.17, 15) is 4.39 Å². The van der Waals surface area contributed by atoms with Crippen LogP contribution in [0.2, 0.25) is 0 Å². The summed E-state index contributed by atoms with van der Waals surface area (Å²) >= 11 is 0. The van der Waals surface area contributed by atoms with Gasteiger partial charge in [-0.15, -0.1) is 0 Å². The van der Waals surface area contributed by atoms with Crippen molar-refractivity contribution in [1.82, 2.24) is 5.32 Å². The molecule has 1 unspecified atom stereocenters. The van der Waals surface area contributed by atoms with Crippen LogP contribution >= 0.6 is 0 Å². The molecule has 17 heavy (non-hydrogen) atoms. The minimum atomic E-state index is -0.138. The van der Waals surface area contributed by atoms with Gasteiger partial charge in [-0.3, -0.25) is 0 Å². The molecule has 0 radical (unpaired) electrons. The van der Waals surface area contributed by atoms with E-state index in [1.807, 2.05) is 13.0 Å². The zero-order valence-electron chi connectivity index (χ0n) is 10.7. The smallest absolute Gasteiger partial charge is 0.125 e. The van der Waals surface area contributed by atoms with Gasteiger partial charge in [0.15, 0.2) is 0 Å². The van der Waals surface area contributed by atoms with Crippen molar-refractivity contribution in [2.75, 3.05) is 31.1 Å². The molecule has 3 heteroatoms. The maximum Gasteiger partial charge on any atom is 0.125 e. The summed E-state index contributed by atoms with van der Waals surface area (Å²) in [5.41, 5.74) is 2.22. The van der Waals surface area contributed by atoms with Crippen LogP contribution in [0.3, 0.4) is 0 Å². The van der Waals surface area contributed by atoms with Crippen molar-refractivity contribution in [2.45, 2.75) is 20.3 Å². The van der Waals surface area contributed by atoms with Crippen molar-refractivity contribution in [2.24, 2.45) is 5.92 Å². The lowest BCUT2D eigenvalue weighted by Crippen LogP contribution is -2.26. The number of nitrogens with zero attached hydrogens (tertiary/aromatic N) is 1. The van der Waals surface area contributed by atoms with Gasteiger partial charge in [0, 0.05) is 18.8 Å².